The maximum atomic E-state index is 12.2. The Hall–Kier alpha value is -0.610. The van der Waals surface area contributed by atoms with Crippen molar-refractivity contribution < 1.29 is 9.53 Å². The number of nitrogens with zero attached hydrogens (tertiary/aromatic N) is 3. The minimum Gasteiger partial charge on any atom is -0.376 e. The third-order valence-corrected chi connectivity index (χ3v) is 4.75. The van der Waals surface area contributed by atoms with Crippen LogP contribution in [0.5, 0.6) is 0 Å². The Morgan fingerprint density at radius 2 is 2.08 bits per heavy atom. The second-order valence-electron chi connectivity index (χ2n) is 6.80. The largest absolute Gasteiger partial charge is 0.376 e. The molecule has 0 radical (unpaired) electrons. The second-order valence-corrected chi connectivity index (χ2v) is 6.80. The molecule has 0 spiro atoms. The zero-order chi connectivity index (χ0) is 17.4. The lowest BCUT2D eigenvalue weighted by Crippen LogP contribution is -2.44. The van der Waals surface area contributed by atoms with Gasteiger partial charge in [0.2, 0.25) is 5.91 Å². The molecule has 2 N–H and O–H groups in total. The molecule has 0 aromatic heterocycles. The highest BCUT2D eigenvalue weighted by Gasteiger charge is 2.30. The van der Waals surface area contributed by atoms with E-state index in [1.165, 1.54) is 0 Å². The number of carbonyl (C=O) groups excluding carboxylic acids is 1. The zero-order valence-corrected chi connectivity index (χ0v) is 18.1. The Balaban J connectivity index is 0.00000312. The van der Waals surface area contributed by atoms with Crippen LogP contribution in [0.3, 0.4) is 0 Å². The van der Waals surface area contributed by atoms with Crippen molar-refractivity contribution in [3.63, 3.8) is 0 Å². The van der Waals surface area contributed by atoms with Gasteiger partial charge in [-0.2, -0.15) is 0 Å². The SMILES string of the molecule is CN=C(NCCCN1CCCC1C(=O)N(C)C)NCC1CCCO1.I. The summed E-state index contributed by atoms with van der Waals surface area (Å²) in [4.78, 5) is 20.4. The summed E-state index contributed by atoms with van der Waals surface area (Å²) in [5, 5.41) is 6.67. The van der Waals surface area contributed by atoms with Crippen LogP contribution in [0.1, 0.15) is 32.1 Å². The summed E-state index contributed by atoms with van der Waals surface area (Å²) >= 11 is 0. The molecule has 25 heavy (non-hydrogen) atoms. The number of likely N-dealkylation sites (tertiary alicyclic amines) is 1. The highest BCUT2D eigenvalue weighted by Crippen LogP contribution is 2.18. The minimum absolute atomic E-state index is 0. The van der Waals surface area contributed by atoms with Crippen LogP contribution in [-0.2, 0) is 9.53 Å². The van der Waals surface area contributed by atoms with E-state index in [9.17, 15) is 4.79 Å². The van der Waals surface area contributed by atoms with Gasteiger partial charge in [0.15, 0.2) is 5.96 Å². The molecule has 2 atom stereocenters. The first-order valence-corrected chi connectivity index (χ1v) is 9.13. The Morgan fingerprint density at radius 1 is 1.28 bits per heavy atom. The third-order valence-electron chi connectivity index (χ3n) is 4.75. The first kappa shape index (κ1) is 22.4. The van der Waals surface area contributed by atoms with Gasteiger partial charge in [-0.25, -0.2) is 0 Å². The molecule has 1 amide bonds. The molecule has 0 aromatic carbocycles. The van der Waals surface area contributed by atoms with Crippen molar-refractivity contribution in [1.29, 1.82) is 0 Å². The summed E-state index contributed by atoms with van der Waals surface area (Å²) in [6, 6.07) is 0.0666. The molecule has 0 aromatic rings. The fourth-order valence-corrected chi connectivity index (χ4v) is 3.40. The van der Waals surface area contributed by atoms with E-state index in [0.29, 0.717) is 6.10 Å². The van der Waals surface area contributed by atoms with Crippen molar-refractivity contribution in [3.05, 3.63) is 0 Å². The smallest absolute Gasteiger partial charge is 0.239 e. The van der Waals surface area contributed by atoms with Crippen LogP contribution >= 0.6 is 24.0 Å². The molecule has 2 rings (SSSR count). The number of aliphatic imine (C=N–C) groups is 1. The summed E-state index contributed by atoms with van der Waals surface area (Å²) in [6.07, 6.45) is 5.68. The van der Waals surface area contributed by atoms with Gasteiger partial charge in [-0.1, -0.05) is 0 Å². The standard InChI is InChI=1S/C17H33N5O2.HI/c1-18-17(20-13-14-7-5-12-24-14)19-9-6-11-22-10-4-8-15(22)16(23)21(2)3;/h14-15H,4-13H2,1-3H3,(H2,18,19,20);1H. The summed E-state index contributed by atoms with van der Waals surface area (Å²) in [6.45, 7) is 4.51. The molecular formula is C17H34IN5O2. The quantitative estimate of drug-likeness (QED) is 0.252. The molecule has 7 nitrogen and oxygen atoms in total. The molecular weight excluding hydrogens is 433 g/mol. The second kappa shape index (κ2) is 11.9. The van der Waals surface area contributed by atoms with Crippen molar-refractivity contribution in [3.8, 4) is 0 Å². The van der Waals surface area contributed by atoms with Crippen LogP contribution in [0, 0.1) is 0 Å². The van der Waals surface area contributed by atoms with E-state index in [4.69, 9.17) is 4.74 Å². The van der Waals surface area contributed by atoms with Crippen LogP contribution in [0.2, 0.25) is 0 Å². The average Bonchev–Trinajstić information content (AvgIpc) is 3.24. The number of carbonyl (C=O) groups is 1. The molecule has 0 aliphatic carbocycles. The Labute approximate surface area is 169 Å². The fourth-order valence-electron chi connectivity index (χ4n) is 3.40. The molecule has 8 heteroatoms. The number of nitrogens with one attached hydrogen (secondary N) is 2. The van der Waals surface area contributed by atoms with Gasteiger partial charge in [-0.05, 0) is 38.6 Å². The lowest BCUT2D eigenvalue weighted by atomic mass is 10.2. The van der Waals surface area contributed by atoms with Crippen LogP contribution in [0.25, 0.3) is 0 Å². The van der Waals surface area contributed by atoms with Crippen LogP contribution in [-0.4, -0.2) is 87.7 Å². The molecule has 0 bridgehead atoms. The summed E-state index contributed by atoms with van der Waals surface area (Å²) in [7, 11) is 5.46. The van der Waals surface area contributed by atoms with Gasteiger partial charge in [0, 0.05) is 47.4 Å². The Kier molecular flexibility index (Phi) is 10.7. The van der Waals surface area contributed by atoms with Crippen molar-refractivity contribution >= 4 is 35.8 Å². The van der Waals surface area contributed by atoms with Crippen molar-refractivity contribution in [2.45, 2.75) is 44.2 Å². The molecule has 2 heterocycles. The molecule has 2 saturated heterocycles. The number of rotatable bonds is 7. The maximum Gasteiger partial charge on any atom is 0.239 e. The van der Waals surface area contributed by atoms with E-state index in [0.717, 1.165) is 70.8 Å². The zero-order valence-electron chi connectivity index (χ0n) is 15.8. The highest BCUT2D eigenvalue weighted by atomic mass is 127. The number of amides is 1. The number of likely N-dealkylation sites (N-methyl/N-ethyl adjacent to an activating group) is 1. The van der Waals surface area contributed by atoms with Gasteiger partial charge in [-0.3, -0.25) is 14.7 Å². The molecule has 2 unspecified atom stereocenters. The number of hydrogen-bond donors (Lipinski definition) is 2. The van der Waals surface area contributed by atoms with E-state index in [1.807, 2.05) is 14.1 Å². The van der Waals surface area contributed by atoms with Gasteiger partial charge in [-0.15, -0.1) is 24.0 Å². The van der Waals surface area contributed by atoms with E-state index in [2.05, 4.69) is 20.5 Å². The van der Waals surface area contributed by atoms with E-state index in [1.54, 1.807) is 11.9 Å². The van der Waals surface area contributed by atoms with Crippen molar-refractivity contribution in [2.75, 3.05) is 53.9 Å². The topological polar surface area (TPSA) is 69.2 Å². The lowest BCUT2D eigenvalue weighted by Gasteiger charge is -2.26. The van der Waals surface area contributed by atoms with E-state index >= 15 is 0 Å². The number of guanidine groups is 1. The first-order valence-electron chi connectivity index (χ1n) is 9.13. The van der Waals surface area contributed by atoms with E-state index in [-0.39, 0.29) is 35.9 Å². The van der Waals surface area contributed by atoms with Crippen LogP contribution in [0.4, 0.5) is 0 Å². The predicted octanol–water partition coefficient (Wildman–Crippen LogP) is 0.891. The van der Waals surface area contributed by atoms with Gasteiger partial charge in [0.05, 0.1) is 12.1 Å². The van der Waals surface area contributed by atoms with E-state index < -0.39 is 0 Å². The number of hydrogen-bond acceptors (Lipinski definition) is 4. The first-order chi connectivity index (χ1) is 11.6. The molecule has 146 valence electrons. The highest BCUT2D eigenvalue weighted by molar-refractivity contribution is 14.0. The maximum absolute atomic E-state index is 12.2. The van der Waals surface area contributed by atoms with Gasteiger partial charge < -0.3 is 20.3 Å². The normalized spacial score (nSPS) is 24.0. The monoisotopic (exact) mass is 467 g/mol. The number of halogens is 1. The fraction of sp³-hybridized carbons (Fsp3) is 0.882. The van der Waals surface area contributed by atoms with Crippen molar-refractivity contribution in [1.82, 2.24) is 20.4 Å². The summed E-state index contributed by atoms with van der Waals surface area (Å²) < 4.78 is 5.61. The van der Waals surface area contributed by atoms with Gasteiger partial charge >= 0.3 is 0 Å². The van der Waals surface area contributed by atoms with Crippen LogP contribution < -0.4 is 10.6 Å². The van der Waals surface area contributed by atoms with Gasteiger partial charge in [0.1, 0.15) is 0 Å². The summed E-state index contributed by atoms with van der Waals surface area (Å²) in [5.41, 5.74) is 0. The summed E-state index contributed by atoms with van der Waals surface area (Å²) in [5.74, 6) is 1.06. The lowest BCUT2D eigenvalue weighted by molar-refractivity contribution is -0.133. The van der Waals surface area contributed by atoms with Crippen LogP contribution in [0.15, 0.2) is 4.99 Å². The molecule has 2 aliphatic heterocycles. The Morgan fingerprint density at radius 3 is 2.72 bits per heavy atom. The predicted molar refractivity (Wildman–Crippen MR) is 112 cm³/mol. The number of ether oxygens (including phenoxy) is 1. The Bertz CT molecular complexity index is 427. The molecule has 0 saturated carbocycles. The third kappa shape index (κ3) is 7.26. The molecule has 2 aliphatic rings. The molecule has 2 fully saturated rings. The van der Waals surface area contributed by atoms with Gasteiger partial charge in [0.25, 0.3) is 0 Å². The minimum atomic E-state index is 0. The average molecular weight is 467 g/mol. The van der Waals surface area contributed by atoms with Crippen molar-refractivity contribution in [2.24, 2.45) is 4.99 Å².